The second-order valence-electron chi connectivity index (χ2n) is 6.37. The van der Waals surface area contributed by atoms with E-state index < -0.39 is 42.5 Å². The number of hydrogen-bond acceptors (Lipinski definition) is 6. The first kappa shape index (κ1) is 22.2. The van der Waals surface area contributed by atoms with Gasteiger partial charge in [0.1, 0.15) is 12.2 Å². The summed E-state index contributed by atoms with van der Waals surface area (Å²) >= 11 is 0. The minimum atomic E-state index is -2.71. The van der Waals surface area contributed by atoms with Crippen molar-refractivity contribution in [2.75, 3.05) is 13.7 Å². The fourth-order valence-electron chi connectivity index (χ4n) is 3.46. The van der Waals surface area contributed by atoms with Crippen LogP contribution in [0.1, 0.15) is 21.2 Å². The third-order valence-electron chi connectivity index (χ3n) is 4.62. The Balaban J connectivity index is 0.00000210. The number of amides is 4. The van der Waals surface area contributed by atoms with Gasteiger partial charge in [-0.3, -0.25) is 14.4 Å². The van der Waals surface area contributed by atoms with Crippen molar-refractivity contribution < 1.29 is 58.6 Å². The molecule has 4 atom stereocenters. The molecule has 3 rings (SSSR count). The molecule has 150 valence electrons. The van der Waals surface area contributed by atoms with Crippen molar-refractivity contribution in [1.29, 1.82) is 0 Å². The van der Waals surface area contributed by atoms with E-state index in [9.17, 15) is 23.6 Å². The largest absolute Gasteiger partial charge is 1.00 e. The minimum Gasteiger partial charge on any atom is -1.00 e. The number of hydroxylamine groups is 4. The molecule has 0 aromatic carbocycles. The van der Waals surface area contributed by atoms with Gasteiger partial charge in [-0.05, 0) is 18.9 Å². The van der Waals surface area contributed by atoms with Gasteiger partial charge in [-0.1, -0.05) is 6.08 Å². The number of fused-ring (bicyclic) bond motifs is 2. The number of carboxylic acids is 1. The monoisotopic (exact) mass is 394 g/mol. The SMILES string of the molecule is CON(C(=O)[C@@H]1C(C)=C[C@@H]2CN1C(=O)N2O[C@@H](F)C(=O)O)C1CCC(=O)N1.[H-].[Li+]. The van der Waals surface area contributed by atoms with Crippen molar-refractivity contribution in [2.24, 2.45) is 0 Å². The number of alkyl halides is 1. The van der Waals surface area contributed by atoms with Crippen LogP contribution in [0.25, 0.3) is 0 Å². The summed E-state index contributed by atoms with van der Waals surface area (Å²) in [7, 11) is 1.27. The van der Waals surface area contributed by atoms with Crippen LogP contribution in [0.15, 0.2) is 11.6 Å². The Labute approximate surface area is 172 Å². The van der Waals surface area contributed by atoms with E-state index in [1.54, 1.807) is 13.0 Å². The average Bonchev–Trinajstić information content (AvgIpc) is 3.13. The molecule has 4 amide bonds. The molecule has 13 heteroatoms. The zero-order valence-corrected chi connectivity index (χ0v) is 15.6. The van der Waals surface area contributed by atoms with Gasteiger partial charge >= 0.3 is 37.2 Å². The maximum absolute atomic E-state index is 13.4. The zero-order valence-electron chi connectivity index (χ0n) is 16.6. The van der Waals surface area contributed by atoms with Crippen LogP contribution in [0.5, 0.6) is 0 Å². The van der Waals surface area contributed by atoms with Gasteiger partial charge in [0.05, 0.1) is 19.7 Å². The molecular weight excluding hydrogens is 374 g/mol. The number of hydrogen-bond donors (Lipinski definition) is 2. The van der Waals surface area contributed by atoms with E-state index in [-0.39, 0.29) is 39.2 Å². The number of aliphatic carboxylic acids is 1. The van der Waals surface area contributed by atoms with Gasteiger partial charge in [0.2, 0.25) is 5.91 Å². The molecule has 3 heterocycles. The Morgan fingerprint density at radius 2 is 2.14 bits per heavy atom. The van der Waals surface area contributed by atoms with Crippen LogP contribution in [0.4, 0.5) is 9.18 Å². The third kappa shape index (κ3) is 3.86. The van der Waals surface area contributed by atoms with Crippen molar-refractivity contribution in [3.05, 3.63) is 11.6 Å². The van der Waals surface area contributed by atoms with E-state index in [0.29, 0.717) is 17.1 Å². The molecule has 2 fully saturated rings. The van der Waals surface area contributed by atoms with E-state index in [2.05, 4.69) is 10.2 Å². The predicted molar refractivity (Wildman–Crippen MR) is 85.0 cm³/mol. The molecular formula is C15H20FLiN4O7. The second-order valence-corrected chi connectivity index (χ2v) is 6.37. The Morgan fingerprint density at radius 3 is 2.68 bits per heavy atom. The third-order valence-corrected chi connectivity index (χ3v) is 4.62. The molecule has 0 spiro atoms. The van der Waals surface area contributed by atoms with E-state index >= 15 is 0 Å². The van der Waals surface area contributed by atoms with Gasteiger partial charge in [-0.15, -0.1) is 0 Å². The van der Waals surface area contributed by atoms with Gasteiger partial charge < -0.3 is 16.7 Å². The topological polar surface area (TPSA) is 129 Å². The van der Waals surface area contributed by atoms with Crippen molar-refractivity contribution in [3.8, 4) is 0 Å². The number of carbonyl (C=O) groups is 4. The van der Waals surface area contributed by atoms with E-state index in [1.807, 2.05) is 0 Å². The molecule has 11 nitrogen and oxygen atoms in total. The number of nitrogens with zero attached hydrogens (tertiary/aromatic N) is 3. The summed E-state index contributed by atoms with van der Waals surface area (Å²) in [5.41, 5.74) is 0.493. The van der Waals surface area contributed by atoms with E-state index in [1.165, 1.54) is 7.11 Å². The number of carbonyl (C=O) groups excluding carboxylic acids is 3. The summed E-state index contributed by atoms with van der Waals surface area (Å²) in [5.74, 6) is -2.66. The van der Waals surface area contributed by atoms with Crippen LogP contribution in [-0.4, -0.2) is 82.2 Å². The van der Waals surface area contributed by atoms with Crippen molar-refractivity contribution in [3.63, 3.8) is 0 Å². The molecule has 0 saturated carbocycles. The Morgan fingerprint density at radius 1 is 1.46 bits per heavy atom. The Kier molecular flexibility index (Phi) is 6.71. The van der Waals surface area contributed by atoms with Crippen LogP contribution in [0.3, 0.4) is 0 Å². The molecule has 1 unspecified atom stereocenters. The van der Waals surface area contributed by atoms with Gasteiger partial charge in [0.15, 0.2) is 0 Å². The summed E-state index contributed by atoms with van der Waals surface area (Å²) in [6, 6.07) is -2.59. The van der Waals surface area contributed by atoms with Crippen LogP contribution in [-0.2, 0) is 24.1 Å². The second kappa shape index (κ2) is 8.48. The summed E-state index contributed by atoms with van der Waals surface area (Å²) < 4.78 is 13.4. The first-order chi connectivity index (χ1) is 12.7. The standard InChI is InChI=1S/C15H19FN4O7.Li.H/c1-7-5-8-6-18(15(25)19(8)27-12(16)14(23)24)11(7)13(22)20(26-2)9-3-4-10(21)17-9;;/h5,8-9,11-12H,3-4,6H2,1-2H3,(H,17,21)(H,23,24);;/q;+1;-1/t8-,9?,11+,12-;;/m1../s1. The Bertz CT molecular complexity index is 727. The average molecular weight is 394 g/mol. The smallest absolute Gasteiger partial charge is 1.00 e. The predicted octanol–water partition coefficient (Wildman–Crippen LogP) is -3.52. The molecule has 0 aliphatic carbocycles. The molecule has 3 aliphatic rings. The first-order valence-electron chi connectivity index (χ1n) is 8.23. The van der Waals surface area contributed by atoms with Crippen LogP contribution in [0.2, 0.25) is 0 Å². The first-order valence-corrected chi connectivity index (χ1v) is 8.23. The molecule has 2 saturated heterocycles. The number of halogens is 1. The summed E-state index contributed by atoms with van der Waals surface area (Å²) in [6.07, 6.45) is -1.22. The van der Waals surface area contributed by atoms with Gasteiger partial charge in [-0.25, -0.2) is 18.8 Å². The van der Waals surface area contributed by atoms with Crippen LogP contribution in [0, 0.1) is 0 Å². The molecule has 28 heavy (non-hydrogen) atoms. The zero-order chi connectivity index (χ0) is 19.9. The molecule has 0 aromatic heterocycles. The van der Waals surface area contributed by atoms with E-state index in [0.717, 1.165) is 9.96 Å². The van der Waals surface area contributed by atoms with E-state index in [4.69, 9.17) is 9.94 Å². The van der Waals surface area contributed by atoms with Gasteiger partial charge in [0, 0.05) is 6.42 Å². The van der Waals surface area contributed by atoms with Crippen molar-refractivity contribution >= 4 is 23.8 Å². The normalized spacial score (nSPS) is 27.1. The van der Waals surface area contributed by atoms with Crippen molar-refractivity contribution in [2.45, 2.75) is 44.4 Å². The molecule has 3 aliphatic heterocycles. The fourth-order valence-corrected chi connectivity index (χ4v) is 3.46. The molecule has 2 N–H and O–H groups in total. The molecule has 2 bridgehead atoms. The maximum atomic E-state index is 13.4. The van der Waals surface area contributed by atoms with Crippen molar-refractivity contribution in [1.82, 2.24) is 20.3 Å². The van der Waals surface area contributed by atoms with Gasteiger partial charge in [-0.2, -0.15) is 10.1 Å². The number of nitrogens with one attached hydrogen (secondary N) is 1. The van der Waals surface area contributed by atoms with Gasteiger partial charge in [0.25, 0.3) is 5.91 Å². The minimum absolute atomic E-state index is 0. The summed E-state index contributed by atoms with van der Waals surface area (Å²) in [5, 5.41) is 12.9. The molecule has 0 radical (unpaired) electrons. The quantitative estimate of drug-likeness (QED) is 0.271. The maximum Gasteiger partial charge on any atom is 1.00 e. The molecule has 0 aromatic rings. The number of carboxylic acid groups (broad SMARTS) is 1. The summed E-state index contributed by atoms with van der Waals surface area (Å²) in [6.45, 7) is 1.64. The fraction of sp³-hybridized carbons (Fsp3) is 0.600. The Hall–Kier alpha value is -2.13. The van der Waals surface area contributed by atoms with Crippen LogP contribution >= 0.6 is 0 Å². The van der Waals surface area contributed by atoms with Crippen LogP contribution < -0.4 is 24.2 Å². The number of rotatable bonds is 6. The summed E-state index contributed by atoms with van der Waals surface area (Å²) in [4.78, 5) is 58.5. The number of urea groups is 1.